The molecule has 0 aromatic heterocycles. The van der Waals surface area contributed by atoms with E-state index in [-0.39, 0.29) is 17.3 Å². The first-order valence-corrected chi connectivity index (χ1v) is 11.6. The van der Waals surface area contributed by atoms with Gasteiger partial charge in [-0.05, 0) is 85.0 Å². The van der Waals surface area contributed by atoms with Gasteiger partial charge >= 0.3 is 0 Å². The zero-order valence-corrected chi connectivity index (χ0v) is 17.7. The van der Waals surface area contributed by atoms with Crippen LogP contribution < -0.4 is 0 Å². The van der Waals surface area contributed by atoms with Crippen LogP contribution in [0.3, 0.4) is 0 Å². The van der Waals surface area contributed by atoms with Gasteiger partial charge in [0.1, 0.15) is 5.75 Å². The van der Waals surface area contributed by atoms with E-state index in [0.717, 1.165) is 56.9 Å². The minimum Gasteiger partial charge on any atom is -0.508 e. The van der Waals surface area contributed by atoms with Gasteiger partial charge in [0.25, 0.3) is 0 Å². The molecule has 2 fully saturated rings. The average molecular weight is 387 g/mol. The van der Waals surface area contributed by atoms with Gasteiger partial charge in [0.2, 0.25) is 0 Å². The Kier molecular flexibility index (Phi) is 5.52. The number of aliphatic hydroxyl groups excluding tert-OH is 1. The standard InChI is InChI=1S/C25H38O3/c1-3-4-5-6-7-13-25(28)16-20-18(19-9-8-17(26)15-22(19)25)12-14-24(2)21(20)10-11-23(24)27/h8-9,15,18,20-21,23,26-28H,3-7,10-14,16H2,1-2H3/t18-,20-,21+,23+,24+,25?/m1/s1. The number of hydrogen-bond acceptors (Lipinski definition) is 3. The van der Waals surface area contributed by atoms with Crippen LogP contribution in [-0.4, -0.2) is 21.4 Å². The number of benzene rings is 1. The molecule has 0 aliphatic heterocycles. The van der Waals surface area contributed by atoms with Crippen molar-refractivity contribution >= 4 is 0 Å². The molecular weight excluding hydrogens is 348 g/mol. The normalized spacial score (nSPS) is 39.3. The Labute approximate surface area is 170 Å². The van der Waals surface area contributed by atoms with Crippen molar-refractivity contribution < 1.29 is 15.3 Å². The SMILES string of the molecule is CCCCCCCC1(O)C[C@@H]2[C@H](CC[C@]3(C)[C@@H](O)CC[C@@H]23)c2ccc(O)cc21. The number of rotatable bonds is 6. The number of aromatic hydroxyl groups is 1. The van der Waals surface area contributed by atoms with E-state index in [0.29, 0.717) is 17.8 Å². The van der Waals surface area contributed by atoms with Gasteiger partial charge in [-0.25, -0.2) is 0 Å². The second-order valence-electron chi connectivity index (χ2n) is 10.2. The largest absolute Gasteiger partial charge is 0.508 e. The summed E-state index contributed by atoms with van der Waals surface area (Å²) in [5.41, 5.74) is 1.41. The zero-order valence-electron chi connectivity index (χ0n) is 17.7. The lowest BCUT2D eigenvalue weighted by Gasteiger charge is -2.53. The molecular formula is C25H38O3. The van der Waals surface area contributed by atoms with Gasteiger partial charge in [0.05, 0.1) is 11.7 Å². The van der Waals surface area contributed by atoms with Gasteiger partial charge in [0.15, 0.2) is 0 Å². The summed E-state index contributed by atoms with van der Waals surface area (Å²) >= 11 is 0. The number of fused-ring (bicyclic) bond motifs is 5. The lowest BCUT2D eigenvalue weighted by molar-refractivity contribution is -0.0736. The van der Waals surface area contributed by atoms with Gasteiger partial charge in [-0.3, -0.25) is 0 Å². The van der Waals surface area contributed by atoms with E-state index in [4.69, 9.17) is 0 Å². The number of phenols is 1. The highest BCUT2D eigenvalue weighted by Gasteiger charge is 2.57. The second-order valence-corrected chi connectivity index (χ2v) is 10.2. The summed E-state index contributed by atoms with van der Waals surface area (Å²) in [6.45, 7) is 4.51. The maximum Gasteiger partial charge on any atom is 0.115 e. The summed E-state index contributed by atoms with van der Waals surface area (Å²) in [6, 6.07) is 5.69. The van der Waals surface area contributed by atoms with Gasteiger partial charge in [-0.15, -0.1) is 0 Å². The van der Waals surface area contributed by atoms with Gasteiger partial charge in [0, 0.05) is 0 Å². The zero-order chi connectivity index (χ0) is 19.9. The van der Waals surface area contributed by atoms with Crippen molar-refractivity contribution in [1.29, 1.82) is 0 Å². The van der Waals surface area contributed by atoms with E-state index >= 15 is 0 Å². The van der Waals surface area contributed by atoms with E-state index in [1.165, 1.54) is 24.8 Å². The third-order valence-electron chi connectivity index (χ3n) is 8.59. The average Bonchev–Trinajstić information content (AvgIpc) is 2.97. The molecule has 3 aliphatic rings. The molecule has 28 heavy (non-hydrogen) atoms. The maximum atomic E-state index is 11.8. The lowest BCUT2D eigenvalue weighted by atomic mass is 9.53. The molecule has 1 aromatic carbocycles. The van der Waals surface area contributed by atoms with E-state index in [2.05, 4.69) is 19.9 Å². The highest BCUT2D eigenvalue weighted by molar-refractivity contribution is 5.44. The molecule has 2 saturated carbocycles. The first kappa shape index (κ1) is 20.2. The van der Waals surface area contributed by atoms with E-state index in [9.17, 15) is 15.3 Å². The first-order valence-electron chi connectivity index (χ1n) is 11.6. The van der Waals surface area contributed by atoms with Crippen molar-refractivity contribution in [3.05, 3.63) is 29.3 Å². The molecule has 1 aromatic rings. The molecule has 4 rings (SSSR count). The molecule has 1 unspecified atom stereocenters. The third kappa shape index (κ3) is 3.29. The third-order valence-corrected chi connectivity index (χ3v) is 8.59. The predicted octanol–water partition coefficient (Wildman–Crippen LogP) is 5.61. The molecule has 0 heterocycles. The molecule has 6 atom stereocenters. The van der Waals surface area contributed by atoms with Crippen molar-refractivity contribution in [2.24, 2.45) is 17.3 Å². The van der Waals surface area contributed by atoms with Gasteiger partial charge in [-0.2, -0.15) is 0 Å². The Bertz CT molecular complexity index is 701. The van der Waals surface area contributed by atoms with Crippen LogP contribution in [0.4, 0.5) is 0 Å². The van der Waals surface area contributed by atoms with Crippen LogP contribution in [0.2, 0.25) is 0 Å². The first-order chi connectivity index (χ1) is 13.4. The minimum absolute atomic E-state index is 0.0115. The Hall–Kier alpha value is -1.06. The second kappa shape index (κ2) is 7.65. The van der Waals surface area contributed by atoms with Crippen LogP contribution in [0.15, 0.2) is 18.2 Å². The fourth-order valence-electron chi connectivity index (χ4n) is 6.96. The van der Waals surface area contributed by atoms with E-state index < -0.39 is 5.60 Å². The van der Waals surface area contributed by atoms with E-state index in [1.807, 2.05) is 6.07 Å². The van der Waals surface area contributed by atoms with Crippen LogP contribution >= 0.6 is 0 Å². The highest BCUT2D eigenvalue weighted by Crippen LogP contribution is 2.63. The minimum atomic E-state index is -0.840. The summed E-state index contributed by atoms with van der Waals surface area (Å²) in [4.78, 5) is 0. The summed E-state index contributed by atoms with van der Waals surface area (Å²) in [5, 5.41) is 32.6. The number of aliphatic hydroxyl groups is 2. The molecule has 0 bridgehead atoms. The van der Waals surface area contributed by atoms with Crippen molar-refractivity contribution in [3.63, 3.8) is 0 Å². The number of unbranched alkanes of at least 4 members (excludes halogenated alkanes) is 4. The molecule has 0 spiro atoms. The Morgan fingerprint density at radius 2 is 1.86 bits per heavy atom. The van der Waals surface area contributed by atoms with Crippen molar-refractivity contribution in [3.8, 4) is 5.75 Å². The summed E-state index contributed by atoms with van der Waals surface area (Å²) in [5.74, 6) is 1.65. The van der Waals surface area contributed by atoms with Crippen LogP contribution in [0, 0.1) is 17.3 Å². The van der Waals surface area contributed by atoms with Gasteiger partial charge < -0.3 is 15.3 Å². The fraction of sp³-hybridized carbons (Fsp3) is 0.760. The van der Waals surface area contributed by atoms with Crippen LogP contribution in [0.5, 0.6) is 5.75 Å². The Morgan fingerprint density at radius 3 is 2.64 bits per heavy atom. The molecule has 0 radical (unpaired) electrons. The maximum absolute atomic E-state index is 11.8. The molecule has 3 nitrogen and oxygen atoms in total. The Morgan fingerprint density at radius 1 is 1.07 bits per heavy atom. The quantitative estimate of drug-likeness (QED) is 0.557. The smallest absolute Gasteiger partial charge is 0.115 e. The fourth-order valence-corrected chi connectivity index (χ4v) is 6.96. The highest BCUT2D eigenvalue weighted by atomic mass is 16.3. The Balaban J connectivity index is 1.63. The molecule has 0 saturated heterocycles. The molecule has 156 valence electrons. The summed E-state index contributed by atoms with van der Waals surface area (Å²) < 4.78 is 0. The van der Waals surface area contributed by atoms with Crippen molar-refractivity contribution in [2.75, 3.05) is 0 Å². The number of phenolic OH excluding ortho intramolecular Hbond substituents is 1. The van der Waals surface area contributed by atoms with Crippen molar-refractivity contribution in [1.82, 2.24) is 0 Å². The van der Waals surface area contributed by atoms with Crippen molar-refractivity contribution in [2.45, 2.75) is 102 Å². The van der Waals surface area contributed by atoms with Crippen LogP contribution in [0.1, 0.15) is 102 Å². The molecule has 3 N–H and O–H groups in total. The molecule has 0 amide bonds. The number of hydrogen-bond donors (Lipinski definition) is 3. The summed E-state index contributed by atoms with van der Waals surface area (Å²) in [7, 11) is 0. The predicted molar refractivity (Wildman–Crippen MR) is 112 cm³/mol. The van der Waals surface area contributed by atoms with Crippen LogP contribution in [-0.2, 0) is 5.60 Å². The monoisotopic (exact) mass is 386 g/mol. The van der Waals surface area contributed by atoms with Crippen LogP contribution in [0.25, 0.3) is 0 Å². The topological polar surface area (TPSA) is 60.7 Å². The lowest BCUT2D eigenvalue weighted by Crippen LogP contribution is -2.48. The molecule has 3 aliphatic carbocycles. The summed E-state index contributed by atoms with van der Waals surface area (Å²) in [6.07, 6.45) is 11.4. The van der Waals surface area contributed by atoms with Gasteiger partial charge in [-0.1, -0.05) is 52.0 Å². The van der Waals surface area contributed by atoms with E-state index in [1.54, 1.807) is 6.07 Å². The molecule has 3 heteroatoms.